The molecule has 32 heavy (non-hydrogen) atoms. The normalized spacial score (nSPS) is 10.3. The number of esters is 3. The zero-order valence-electron chi connectivity index (χ0n) is 17.9. The number of carbonyl (C=O) groups is 3. The van der Waals surface area contributed by atoms with Crippen molar-refractivity contribution in [3.05, 3.63) is 77.0 Å². The fraction of sp³-hybridized carbons (Fsp3) is 0.208. The minimum Gasteiger partial charge on any atom is -0.489 e. The van der Waals surface area contributed by atoms with Gasteiger partial charge in [0.25, 0.3) is 0 Å². The molecule has 0 fully saturated rings. The molecular weight excluding hydrogens is 416 g/mol. The van der Waals surface area contributed by atoms with Gasteiger partial charge < -0.3 is 23.4 Å². The van der Waals surface area contributed by atoms with Gasteiger partial charge in [0.2, 0.25) is 5.76 Å². The average Bonchev–Trinajstić information content (AvgIpc) is 3.21. The maximum absolute atomic E-state index is 12.4. The number of hydrogen-bond donors (Lipinski definition) is 0. The highest BCUT2D eigenvalue weighted by molar-refractivity contribution is 6.04. The number of furan rings is 1. The lowest BCUT2D eigenvalue weighted by atomic mass is 10.0. The van der Waals surface area contributed by atoms with Crippen molar-refractivity contribution in [1.29, 1.82) is 0 Å². The van der Waals surface area contributed by atoms with Gasteiger partial charge in [-0.25, -0.2) is 9.59 Å². The van der Waals surface area contributed by atoms with Crippen LogP contribution in [-0.2, 0) is 32.0 Å². The van der Waals surface area contributed by atoms with E-state index < -0.39 is 17.9 Å². The van der Waals surface area contributed by atoms with Gasteiger partial charge in [-0.3, -0.25) is 4.79 Å². The van der Waals surface area contributed by atoms with Gasteiger partial charge in [0, 0.05) is 11.1 Å². The van der Waals surface area contributed by atoms with Crippen molar-refractivity contribution >= 4 is 17.9 Å². The van der Waals surface area contributed by atoms with Crippen LogP contribution in [-0.4, -0.2) is 39.2 Å². The van der Waals surface area contributed by atoms with Crippen LogP contribution in [0.1, 0.15) is 32.0 Å². The molecule has 0 amide bonds. The van der Waals surface area contributed by atoms with E-state index in [4.69, 9.17) is 23.4 Å². The summed E-state index contributed by atoms with van der Waals surface area (Å²) in [6.45, 7) is 0.396. The summed E-state index contributed by atoms with van der Waals surface area (Å²) in [5, 5.41) is 0. The molecule has 3 aromatic rings. The van der Waals surface area contributed by atoms with Gasteiger partial charge in [-0.2, -0.15) is 0 Å². The monoisotopic (exact) mass is 438 g/mol. The van der Waals surface area contributed by atoms with Crippen molar-refractivity contribution in [1.82, 2.24) is 0 Å². The fourth-order valence-corrected chi connectivity index (χ4v) is 3.08. The van der Waals surface area contributed by atoms with Crippen LogP contribution in [0.3, 0.4) is 0 Å². The number of carbonyl (C=O) groups excluding carboxylic acids is 3. The van der Waals surface area contributed by atoms with E-state index in [1.54, 1.807) is 24.3 Å². The van der Waals surface area contributed by atoms with Crippen molar-refractivity contribution in [3.8, 4) is 17.1 Å². The summed E-state index contributed by atoms with van der Waals surface area (Å²) in [5.41, 5.74) is 1.54. The summed E-state index contributed by atoms with van der Waals surface area (Å²) in [5.74, 6) is -1.90. The Kier molecular flexibility index (Phi) is 7.28. The standard InChI is InChI=1S/C24H22O8/c1-28-19(25)13-18-20(23(26)29-2)22(24(27)30-3)32-21(18)16-9-11-17(12-10-16)31-14-15-7-5-4-6-8-15/h4-12H,13-14H2,1-3H3. The van der Waals surface area contributed by atoms with E-state index in [2.05, 4.69) is 0 Å². The molecule has 0 bridgehead atoms. The van der Waals surface area contributed by atoms with Gasteiger partial charge in [0.05, 0.1) is 27.8 Å². The summed E-state index contributed by atoms with van der Waals surface area (Å²) in [6.07, 6.45) is -0.303. The predicted molar refractivity (Wildman–Crippen MR) is 113 cm³/mol. The Morgan fingerprint density at radius 1 is 0.812 bits per heavy atom. The molecule has 0 N–H and O–H groups in total. The summed E-state index contributed by atoms with van der Waals surface area (Å²) in [6, 6.07) is 16.5. The second-order valence-electron chi connectivity index (χ2n) is 6.65. The SMILES string of the molecule is COC(=O)Cc1c(-c2ccc(OCc3ccccc3)cc2)oc(C(=O)OC)c1C(=O)OC. The van der Waals surface area contributed by atoms with Crippen LogP contribution >= 0.6 is 0 Å². The molecule has 8 nitrogen and oxygen atoms in total. The molecule has 0 aliphatic carbocycles. The Balaban J connectivity index is 1.98. The third-order valence-electron chi connectivity index (χ3n) is 4.68. The van der Waals surface area contributed by atoms with Gasteiger partial charge in [0.1, 0.15) is 23.7 Å². The molecule has 3 rings (SSSR count). The second kappa shape index (κ2) is 10.3. The number of hydrogen-bond acceptors (Lipinski definition) is 8. The maximum atomic E-state index is 12.4. The summed E-state index contributed by atoms with van der Waals surface area (Å²) in [7, 11) is 3.54. The van der Waals surface area contributed by atoms with Crippen LogP contribution in [0.15, 0.2) is 59.0 Å². The molecule has 0 aliphatic rings. The molecule has 1 aromatic heterocycles. The van der Waals surface area contributed by atoms with Crippen molar-refractivity contribution in [2.24, 2.45) is 0 Å². The second-order valence-corrected chi connectivity index (χ2v) is 6.65. The van der Waals surface area contributed by atoms with Crippen LogP contribution in [0.4, 0.5) is 0 Å². The van der Waals surface area contributed by atoms with Crippen molar-refractivity contribution in [2.45, 2.75) is 13.0 Å². The van der Waals surface area contributed by atoms with Gasteiger partial charge in [0.15, 0.2) is 0 Å². The lowest BCUT2D eigenvalue weighted by Crippen LogP contribution is -2.14. The average molecular weight is 438 g/mol. The zero-order chi connectivity index (χ0) is 23.1. The third-order valence-corrected chi connectivity index (χ3v) is 4.68. The Hall–Kier alpha value is -4.07. The highest BCUT2D eigenvalue weighted by atomic mass is 16.5. The molecule has 0 spiro atoms. The first-order chi connectivity index (χ1) is 15.5. The van der Waals surface area contributed by atoms with E-state index >= 15 is 0 Å². The Morgan fingerprint density at radius 3 is 2.06 bits per heavy atom. The predicted octanol–water partition coefficient (Wildman–Crippen LogP) is 3.81. The van der Waals surface area contributed by atoms with Crippen LogP contribution in [0.25, 0.3) is 11.3 Å². The summed E-state index contributed by atoms with van der Waals surface area (Å²) >= 11 is 0. The Bertz CT molecular complexity index is 1100. The Morgan fingerprint density at radius 2 is 1.47 bits per heavy atom. The lowest BCUT2D eigenvalue weighted by molar-refractivity contribution is -0.139. The highest BCUT2D eigenvalue weighted by Crippen LogP contribution is 2.34. The number of methoxy groups -OCH3 is 3. The first-order valence-corrected chi connectivity index (χ1v) is 9.64. The van der Waals surface area contributed by atoms with E-state index in [0.29, 0.717) is 17.9 Å². The molecule has 1 heterocycles. The van der Waals surface area contributed by atoms with Crippen LogP contribution in [0, 0.1) is 0 Å². The smallest absolute Gasteiger partial charge is 0.374 e. The first-order valence-electron chi connectivity index (χ1n) is 9.64. The Labute approximate surface area is 184 Å². The molecule has 8 heteroatoms. The molecule has 166 valence electrons. The van der Waals surface area contributed by atoms with Gasteiger partial charge >= 0.3 is 17.9 Å². The van der Waals surface area contributed by atoms with E-state index in [1.165, 1.54) is 7.11 Å². The molecule has 0 unspecified atom stereocenters. The third kappa shape index (κ3) is 4.97. The zero-order valence-corrected chi connectivity index (χ0v) is 17.9. The van der Waals surface area contributed by atoms with Gasteiger partial charge in [-0.05, 0) is 29.8 Å². The molecule has 0 saturated carbocycles. The van der Waals surface area contributed by atoms with Crippen LogP contribution < -0.4 is 4.74 Å². The summed E-state index contributed by atoms with van der Waals surface area (Å²) < 4.78 is 25.7. The molecule has 0 saturated heterocycles. The van der Waals surface area contributed by atoms with Crippen molar-refractivity contribution in [3.63, 3.8) is 0 Å². The molecule has 0 aliphatic heterocycles. The fourth-order valence-electron chi connectivity index (χ4n) is 3.08. The van der Waals surface area contributed by atoms with Crippen LogP contribution in [0.2, 0.25) is 0 Å². The van der Waals surface area contributed by atoms with Crippen molar-refractivity contribution in [2.75, 3.05) is 21.3 Å². The minimum absolute atomic E-state index is 0.158. The molecule has 2 aromatic carbocycles. The largest absolute Gasteiger partial charge is 0.489 e. The lowest BCUT2D eigenvalue weighted by Gasteiger charge is -2.08. The van der Waals surface area contributed by atoms with E-state index in [9.17, 15) is 14.4 Å². The van der Waals surface area contributed by atoms with E-state index in [1.807, 2.05) is 30.3 Å². The van der Waals surface area contributed by atoms with Crippen molar-refractivity contribution < 1.29 is 37.7 Å². The highest BCUT2D eigenvalue weighted by Gasteiger charge is 2.32. The first kappa shape index (κ1) is 22.6. The minimum atomic E-state index is -0.870. The van der Waals surface area contributed by atoms with Gasteiger partial charge in [-0.15, -0.1) is 0 Å². The topological polar surface area (TPSA) is 101 Å². The molecular formula is C24H22O8. The van der Waals surface area contributed by atoms with E-state index in [-0.39, 0.29) is 29.1 Å². The summed E-state index contributed by atoms with van der Waals surface area (Å²) in [4.78, 5) is 36.6. The molecule has 0 radical (unpaired) electrons. The van der Waals surface area contributed by atoms with E-state index in [0.717, 1.165) is 19.8 Å². The number of rotatable bonds is 8. The van der Waals surface area contributed by atoms with Gasteiger partial charge in [-0.1, -0.05) is 30.3 Å². The quantitative estimate of drug-likeness (QED) is 0.387. The number of benzene rings is 2. The molecule has 0 atom stereocenters. The maximum Gasteiger partial charge on any atom is 0.374 e. The number of ether oxygens (including phenoxy) is 4. The van der Waals surface area contributed by atoms with Crippen LogP contribution in [0.5, 0.6) is 5.75 Å².